The Hall–Kier alpha value is 0.800. The standard InChI is InChI=1S/C7H11BrNO2S3/c1-9(2)6-12-5-3-14(10,11)4-7(5,8)13-6/h5H,3-4H2,1-2H3/q+1/t5?,7-/m1/s1. The maximum atomic E-state index is 11.4. The maximum absolute atomic E-state index is 11.4. The zero-order valence-corrected chi connectivity index (χ0v) is 11.9. The molecule has 0 aromatic carbocycles. The number of rotatable bonds is 0. The quantitative estimate of drug-likeness (QED) is 0.493. The van der Waals surface area contributed by atoms with Crippen LogP contribution in [0.1, 0.15) is 0 Å². The second-order valence-corrected chi connectivity index (χ2v) is 10.5. The van der Waals surface area contributed by atoms with E-state index >= 15 is 0 Å². The van der Waals surface area contributed by atoms with Crippen molar-refractivity contribution in [1.82, 2.24) is 0 Å². The average molecular weight is 317 g/mol. The first-order valence-electron chi connectivity index (χ1n) is 4.12. The van der Waals surface area contributed by atoms with Gasteiger partial charge in [0.05, 0.1) is 16.8 Å². The Bertz CT molecular complexity index is 401. The van der Waals surface area contributed by atoms with E-state index in [2.05, 4.69) is 15.9 Å². The summed E-state index contributed by atoms with van der Waals surface area (Å²) in [7, 11) is 1.14. The minimum Gasteiger partial charge on any atom is -0.229 e. The molecule has 2 fully saturated rings. The highest BCUT2D eigenvalue weighted by molar-refractivity contribution is 9.12. The smallest absolute Gasteiger partial charge is 0.229 e. The van der Waals surface area contributed by atoms with E-state index in [0.29, 0.717) is 5.75 Å². The van der Waals surface area contributed by atoms with Gasteiger partial charge < -0.3 is 0 Å². The van der Waals surface area contributed by atoms with E-state index in [0.717, 1.165) is 0 Å². The minimum atomic E-state index is -2.83. The van der Waals surface area contributed by atoms with E-state index in [4.69, 9.17) is 0 Å². The molecule has 2 atom stereocenters. The van der Waals surface area contributed by atoms with E-state index in [9.17, 15) is 8.42 Å². The molecule has 2 heterocycles. The average Bonchev–Trinajstić information content (AvgIpc) is 2.34. The van der Waals surface area contributed by atoms with Crippen LogP contribution in [-0.4, -0.2) is 51.9 Å². The van der Waals surface area contributed by atoms with Gasteiger partial charge in [0.2, 0.25) is 0 Å². The third kappa shape index (κ3) is 1.88. The van der Waals surface area contributed by atoms with E-state index in [1.807, 2.05) is 18.7 Å². The summed E-state index contributed by atoms with van der Waals surface area (Å²) in [5, 5.41) is 0.162. The van der Waals surface area contributed by atoms with Crippen LogP contribution in [0.4, 0.5) is 0 Å². The highest BCUT2D eigenvalue weighted by Gasteiger charge is 2.57. The zero-order chi connectivity index (χ0) is 10.6. The normalized spacial score (nSPS) is 39.9. The van der Waals surface area contributed by atoms with Crippen molar-refractivity contribution in [3.05, 3.63) is 0 Å². The van der Waals surface area contributed by atoms with Crippen LogP contribution in [0.3, 0.4) is 0 Å². The molecular formula is C7H11BrNO2S3+. The fourth-order valence-corrected chi connectivity index (χ4v) is 10.2. The highest BCUT2D eigenvalue weighted by Crippen LogP contribution is 2.56. The number of fused-ring (bicyclic) bond motifs is 1. The molecule has 0 saturated carbocycles. The zero-order valence-electron chi connectivity index (χ0n) is 7.86. The molecule has 3 nitrogen and oxygen atoms in total. The summed E-state index contributed by atoms with van der Waals surface area (Å²) >= 11 is 6.88. The summed E-state index contributed by atoms with van der Waals surface area (Å²) < 4.78 is 25.9. The van der Waals surface area contributed by atoms with Gasteiger partial charge in [-0.3, -0.25) is 0 Å². The molecule has 0 aromatic rings. The van der Waals surface area contributed by atoms with E-state index < -0.39 is 9.84 Å². The molecule has 0 amide bonds. The predicted molar refractivity (Wildman–Crippen MR) is 66.4 cm³/mol. The van der Waals surface area contributed by atoms with Gasteiger partial charge in [-0.25, -0.2) is 13.0 Å². The Morgan fingerprint density at radius 1 is 1.57 bits per heavy atom. The summed E-state index contributed by atoms with van der Waals surface area (Å²) in [4.78, 5) is 0. The Balaban J connectivity index is 2.31. The molecule has 0 aliphatic carbocycles. The lowest BCUT2D eigenvalue weighted by Gasteiger charge is -2.13. The Morgan fingerprint density at radius 2 is 2.21 bits per heavy atom. The van der Waals surface area contributed by atoms with E-state index in [1.165, 1.54) is 4.38 Å². The van der Waals surface area contributed by atoms with Crippen LogP contribution in [-0.2, 0) is 9.84 Å². The molecule has 0 radical (unpaired) electrons. The lowest BCUT2D eigenvalue weighted by atomic mass is 10.4. The van der Waals surface area contributed by atoms with Gasteiger partial charge in [0.1, 0.15) is 17.8 Å². The molecule has 0 N–H and O–H groups in total. The van der Waals surface area contributed by atoms with Crippen LogP contribution in [0.5, 0.6) is 0 Å². The van der Waals surface area contributed by atoms with Gasteiger partial charge in [-0.1, -0.05) is 15.9 Å². The first-order chi connectivity index (χ1) is 6.32. The van der Waals surface area contributed by atoms with Gasteiger partial charge in [0.25, 0.3) is 4.38 Å². The van der Waals surface area contributed by atoms with Crippen molar-refractivity contribution in [2.75, 3.05) is 25.6 Å². The Kier molecular flexibility index (Phi) is 2.74. The summed E-state index contributed by atoms with van der Waals surface area (Å²) in [6.45, 7) is 0. The van der Waals surface area contributed by atoms with Crippen molar-refractivity contribution < 1.29 is 13.0 Å². The first-order valence-corrected chi connectivity index (χ1v) is 8.43. The molecule has 0 spiro atoms. The highest BCUT2D eigenvalue weighted by atomic mass is 79.9. The van der Waals surface area contributed by atoms with Crippen molar-refractivity contribution >= 4 is 53.7 Å². The molecule has 7 heteroatoms. The number of hydrogen-bond donors (Lipinski definition) is 0. The molecular weight excluding hydrogens is 306 g/mol. The lowest BCUT2D eigenvalue weighted by molar-refractivity contribution is -0.458. The topological polar surface area (TPSA) is 37.1 Å². The van der Waals surface area contributed by atoms with Crippen LogP contribution in [0.2, 0.25) is 0 Å². The van der Waals surface area contributed by atoms with Gasteiger partial charge in [-0.15, -0.1) is 0 Å². The van der Waals surface area contributed by atoms with Crippen molar-refractivity contribution in [2.45, 2.75) is 8.91 Å². The van der Waals surface area contributed by atoms with Crippen LogP contribution in [0, 0.1) is 0 Å². The SMILES string of the molecule is C[N+](C)=C1SC2CS(=O)(=O)C[C@@]2(Br)S1. The Labute approximate surface area is 101 Å². The molecule has 2 aliphatic heterocycles. The molecule has 1 unspecified atom stereocenters. The molecule has 2 rings (SSSR count). The predicted octanol–water partition coefficient (Wildman–Crippen LogP) is 0.983. The second-order valence-electron chi connectivity index (χ2n) is 3.71. The number of halogens is 1. The summed E-state index contributed by atoms with van der Waals surface area (Å²) in [6.07, 6.45) is 0. The number of hydrogen-bond acceptors (Lipinski definition) is 4. The van der Waals surface area contributed by atoms with Gasteiger partial charge in [0.15, 0.2) is 9.84 Å². The second kappa shape index (κ2) is 3.40. The fourth-order valence-electron chi connectivity index (χ4n) is 1.51. The molecule has 80 valence electrons. The molecule has 0 bridgehead atoms. The number of sulfone groups is 1. The van der Waals surface area contributed by atoms with Crippen LogP contribution in [0.25, 0.3) is 0 Å². The number of alkyl halides is 1. The van der Waals surface area contributed by atoms with Crippen molar-refractivity contribution in [3.8, 4) is 0 Å². The van der Waals surface area contributed by atoms with Crippen LogP contribution >= 0.6 is 39.5 Å². The molecule has 2 saturated heterocycles. The largest absolute Gasteiger partial charge is 0.271 e. The molecule has 14 heavy (non-hydrogen) atoms. The first kappa shape index (κ1) is 11.3. The summed E-state index contributed by atoms with van der Waals surface area (Å²) in [5.41, 5.74) is 0. The van der Waals surface area contributed by atoms with Gasteiger partial charge in [-0.2, -0.15) is 0 Å². The van der Waals surface area contributed by atoms with E-state index in [-0.39, 0.29) is 14.7 Å². The Morgan fingerprint density at radius 3 is 2.71 bits per heavy atom. The molecule has 0 aromatic heterocycles. The van der Waals surface area contributed by atoms with Crippen LogP contribution in [0.15, 0.2) is 0 Å². The molecule has 2 aliphatic rings. The van der Waals surface area contributed by atoms with Gasteiger partial charge in [0, 0.05) is 0 Å². The summed E-state index contributed by atoms with van der Waals surface area (Å²) in [5.74, 6) is 0.549. The van der Waals surface area contributed by atoms with Gasteiger partial charge in [-0.05, 0) is 23.5 Å². The third-order valence-corrected chi connectivity index (χ3v) is 9.71. The minimum absolute atomic E-state index is 0.162. The van der Waals surface area contributed by atoms with Crippen molar-refractivity contribution in [3.63, 3.8) is 0 Å². The monoisotopic (exact) mass is 316 g/mol. The fraction of sp³-hybridized carbons (Fsp3) is 0.857. The van der Waals surface area contributed by atoms with Crippen molar-refractivity contribution in [2.24, 2.45) is 0 Å². The third-order valence-electron chi connectivity index (χ3n) is 2.17. The number of thioether (sulfide) groups is 2. The maximum Gasteiger partial charge on any atom is 0.271 e. The number of nitrogens with zero attached hydrogens (tertiary/aromatic N) is 1. The lowest BCUT2D eigenvalue weighted by Crippen LogP contribution is -2.23. The van der Waals surface area contributed by atoms with Gasteiger partial charge >= 0.3 is 0 Å². The van der Waals surface area contributed by atoms with E-state index in [1.54, 1.807) is 23.5 Å². The summed E-state index contributed by atoms with van der Waals surface area (Å²) in [6, 6.07) is 0. The van der Waals surface area contributed by atoms with Crippen LogP contribution < -0.4 is 0 Å². The van der Waals surface area contributed by atoms with Crippen molar-refractivity contribution in [1.29, 1.82) is 0 Å².